The summed E-state index contributed by atoms with van der Waals surface area (Å²) < 4.78 is 0. The first-order chi connectivity index (χ1) is 7.33. The molecule has 0 aromatic rings. The predicted molar refractivity (Wildman–Crippen MR) is 60.6 cm³/mol. The van der Waals surface area contributed by atoms with Crippen LogP contribution in [0.25, 0.3) is 0 Å². The minimum absolute atomic E-state index is 0.0661. The number of rotatable bonds is 3. The molecule has 0 aromatic carbocycles. The molecule has 0 spiro atoms. The van der Waals surface area contributed by atoms with E-state index in [0.717, 1.165) is 24.2 Å². The van der Waals surface area contributed by atoms with Gasteiger partial charge in [0.05, 0.1) is 6.10 Å². The van der Waals surface area contributed by atoms with Crippen LogP contribution in [-0.2, 0) is 0 Å². The van der Waals surface area contributed by atoms with Crippen LogP contribution in [0.5, 0.6) is 0 Å². The van der Waals surface area contributed by atoms with Gasteiger partial charge in [0.25, 0.3) is 0 Å². The zero-order chi connectivity index (χ0) is 10.3. The van der Waals surface area contributed by atoms with Gasteiger partial charge in [0, 0.05) is 6.04 Å². The van der Waals surface area contributed by atoms with Crippen molar-refractivity contribution in [1.82, 2.24) is 5.32 Å². The molecule has 3 aliphatic rings. The van der Waals surface area contributed by atoms with E-state index in [1.54, 1.807) is 0 Å². The third kappa shape index (κ3) is 1.94. The van der Waals surface area contributed by atoms with Crippen molar-refractivity contribution in [3.05, 3.63) is 0 Å². The highest BCUT2D eigenvalue weighted by atomic mass is 16.3. The van der Waals surface area contributed by atoms with Crippen LogP contribution >= 0.6 is 0 Å². The molecule has 15 heavy (non-hydrogen) atoms. The quantitative estimate of drug-likeness (QED) is 0.744. The second-order valence-electron chi connectivity index (χ2n) is 5.95. The number of aliphatic hydroxyl groups is 1. The van der Waals surface area contributed by atoms with E-state index in [4.69, 9.17) is 0 Å². The van der Waals surface area contributed by atoms with Crippen LogP contribution in [0.4, 0.5) is 0 Å². The van der Waals surface area contributed by atoms with Crippen molar-refractivity contribution in [3.8, 4) is 0 Å². The van der Waals surface area contributed by atoms with Gasteiger partial charge in [-0.1, -0.05) is 6.42 Å². The number of nitrogens with one attached hydrogen (secondary N) is 1. The van der Waals surface area contributed by atoms with Crippen LogP contribution in [0, 0.1) is 17.8 Å². The van der Waals surface area contributed by atoms with Crippen molar-refractivity contribution in [1.29, 1.82) is 0 Å². The van der Waals surface area contributed by atoms with Crippen molar-refractivity contribution in [2.24, 2.45) is 17.8 Å². The fraction of sp³-hybridized carbons (Fsp3) is 1.00. The molecule has 0 aliphatic heterocycles. The molecule has 0 amide bonds. The maximum atomic E-state index is 9.73. The molecule has 2 N–H and O–H groups in total. The first kappa shape index (κ1) is 10.1. The largest absolute Gasteiger partial charge is 0.392 e. The maximum Gasteiger partial charge on any atom is 0.0693 e. The van der Waals surface area contributed by atoms with E-state index in [0.29, 0.717) is 6.04 Å². The predicted octanol–water partition coefficient (Wildman–Crippen LogP) is 1.93. The zero-order valence-corrected chi connectivity index (χ0v) is 9.49. The summed E-state index contributed by atoms with van der Waals surface area (Å²) in [4.78, 5) is 0. The molecule has 0 heterocycles. The number of fused-ring (bicyclic) bond motifs is 2. The standard InChI is InChI=1S/C13H23NO/c15-13-3-1-2-12(13)14-8-11-7-9-4-5-10(11)6-9/h9-15H,1-8H2/t9?,10?,11?,12-,13-/m1/s1. The summed E-state index contributed by atoms with van der Waals surface area (Å²) in [5, 5.41) is 13.3. The Morgan fingerprint density at radius 3 is 2.60 bits per heavy atom. The van der Waals surface area contributed by atoms with Crippen LogP contribution in [0.15, 0.2) is 0 Å². The summed E-state index contributed by atoms with van der Waals surface area (Å²) in [6, 6.07) is 0.407. The summed E-state index contributed by atoms with van der Waals surface area (Å²) in [5.74, 6) is 2.99. The highest BCUT2D eigenvalue weighted by molar-refractivity contribution is 4.92. The van der Waals surface area contributed by atoms with Crippen molar-refractivity contribution in [2.45, 2.75) is 57.1 Å². The molecular formula is C13H23NO. The zero-order valence-electron chi connectivity index (χ0n) is 9.49. The Kier molecular flexibility index (Phi) is 2.73. The Morgan fingerprint density at radius 2 is 2.00 bits per heavy atom. The third-order valence-electron chi connectivity index (χ3n) is 5.01. The molecular weight excluding hydrogens is 186 g/mol. The van der Waals surface area contributed by atoms with Crippen LogP contribution in [0.2, 0.25) is 0 Å². The van der Waals surface area contributed by atoms with E-state index >= 15 is 0 Å². The van der Waals surface area contributed by atoms with Gasteiger partial charge in [-0.3, -0.25) is 0 Å². The minimum Gasteiger partial charge on any atom is -0.392 e. The van der Waals surface area contributed by atoms with Crippen molar-refractivity contribution >= 4 is 0 Å². The summed E-state index contributed by atoms with van der Waals surface area (Å²) >= 11 is 0. The lowest BCUT2D eigenvalue weighted by molar-refractivity contribution is 0.143. The Hall–Kier alpha value is -0.0800. The van der Waals surface area contributed by atoms with Gasteiger partial charge >= 0.3 is 0 Å². The fourth-order valence-electron chi connectivity index (χ4n) is 4.11. The minimum atomic E-state index is -0.0661. The Labute approximate surface area is 92.4 Å². The molecule has 3 saturated carbocycles. The van der Waals surface area contributed by atoms with E-state index in [-0.39, 0.29) is 6.10 Å². The smallest absolute Gasteiger partial charge is 0.0693 e. The SMILES string of the molecule is O[C@@H]1CCC[C@H]1NCC1CC2CCC1C2. The molecule has 2 heteroatoms. The van der Waals surface area contributed by atoms with Gasteiger partial charge in [-0.25, -0.2) is 0 Å². The highest BCUT2D eigenvalue weighted by Gasteiger charge is 2.39. The van der Waals surface area contributed by atoms with Crippen molar-refractivity contribution in [2.75, 3.05) is 6.54 Å². The van der Waals surface area contributed by atoms with Crippen LogP contribution < -0.4 is 5.32 Å². The van der Waals surface area contributed by atoms with Crippen LogP contribution in [0.3, 0.4) is 0 Å². The van der Waals surface area contributed by atoms with Gasteiger partial charge in [0.1, 0.15) is 0 Å². The first-order valence-corrected chi connectivity index (χ1v) is 6.74. The highest BCUT2D eigenvalue weighted by Crippen LogP contribution is 2.48. The summed E-state index contributed by atoms with van der Waals surface area (Å²) in [7, 11) is 0. The van der Waals surface area contributed by atoms with Gasteiger partial charge in [-0.15, -0.1) is 0 Å². The Morgan fingerprint density at radius 1 is 1.07 bits per heavy atom. The topological polar surface area (TPSA) is 32.3 Å². The van der Waals surface area contributed by atoms with E-state index in [9.17, 15) is 5.11 Å². The monoisotopic (exact) mass is 209 g/mol. The fourth-order valence-corrected chi connectivity index (χ4v) is 4.11. The summed E-state index contributed by atoms with van der Waals surface area (Å²) in [5.41, 5.74) is 0. The third-order valence-corrected chi connectivity index (χ3v) is 5.01. The van der Waals surface area contributed by atoms with Crippen molar-refractivity contribution < 1.29 is 5.11 Å². The lowest BCUT2D eigenvalue weighted by Crippen LogP contribution is -2.39. The molecule has 2 bridgehead atoms. The number of hydrogen-bond donors (Lipinski definition) is 2. The molecule has 0 radical (unpaired) electrons. The summed E-state index contributed by atoms with van der Waals surface area (Å²) in [6.45, 7) is 1.17. The number of aliphatic hydroxyl groups excluding tert-OH is 1. The summed E-state index contributed by atoms with van der Waals surface area (Å²) in [6.07, 6.45) is 9.26. The molecule has 0 aromatic heterocycles. The molecule has 86 valence electrons. The molecule has 3 rings (SSSR count). The Bertz CT molecular complexity index is 231. The molecule has 2 nitrogen and oxygen atoms in total. The average molecular weight is 209 g/mol. The molecule has 5 atom stereocenters. The van der Waals surface area contributed by atoms with Gasteiger partial charge < -0.3 is 10.4 Å². The van der Waals surface area contributed by atoms with Gasteiger partial charge in [-0.05, 0) is 62.8 Å². The van der Waals surface area contributed by atoms with Crippen LogP contribution in [0.1, 0.15) is 44.9 Å². The number of hydrogen-bond acceptors (Lipinski definition) is 2. The van der Waals surface area contributed by atoms with E-state index < -0.39 is 0 Å². The second kappa shape index (κ2) is 4.06. The van der Waals surface area contributed by atoms with Gasteiger partial charge in [0.2, 0.25) is 0 Å². The van der Waals surface area contributed by atoms with Gasteiger partial charge in [0.15, 0.2) is 0 Å². The van der Waals surface area contributed by atoms with E-state index in [2.05, 4.69) is 5.32 Å². The molecule has 3 aliphatic carbocycles. The maximum absolute atomic E-state index is 9.73. The molecule has 0 saturated heterocycles. The van der Waals surface area contributed by atoms with E-state index in [1.807, 2.05) is 0 Å². The molecule has 3 unspecified atom stereocenters. The lowest BCUT2D eigenvalue weighted by atomic mass is 9.88. The van der Waals surface area contributed by atoms with Crippen LogP contribution in [-0.4, -0.2) is 23.8 Å². The molecule has 3 fully saturated rings. The van der Waals surface area contributed by atoms with E-state index in [1.165, 1.54) is 45.1 Å². The normalized spacial score (nSPS) is 49.0. The lowest BCUT2D eigenvalue weighted by Gasteiger charge is -2.25. The second-order valence-corrected chi connectivity index (χ2v) is 5.95. The Balaban J connectivity index is 1.46. The van der Waals surface area contributed by atoms with Crippen molar-refractivity contribution in [3.63, 3.8) is 0 Å². The first-order valence-electron chi connectivity index (χ1n) is 6.74. The van der Waals surface area contributed by atoms with Gasteiger partial charge in [-0.2, -0.15) is 0 Å². The average Bonchev–Trinajstić information content (AvgIpc) is 2.90.